The third-order valence-electron chi connectivity index (χ3n) is 4.03. The number of hydrogen-bond acceptors (Lipinski definition) is 2. The molecule has 1 heterocycles. The van der Waals surface area contributed by atoms with Crippen molar-refractivity contribution < 1.29 is 8.96 Å². The molecule has 0 aliphatic rings. The van der Waals surface area contributed by atoms with Gasteiger partial charge in [0.2, 0.25) is 0 Å². The molecule has 1 aromatic heterocycles. The molecule has 0 spiro atoms. The van der Waals surface area contributed by atoms with Gasteiger partial charge in [0.05, 0.1) is 25.5 Å². The molecule has 5 heteroatoms. The van der Waals surface area contributed by atoms with E-state index in [0.29, 0.717) is 5.69 Å². The van der Waals surface area contributed by atoms with E-state index in [1.54, 1.807) is 12.1 Å². The summed E-state index contributed by atoms with van der Waals surface area (Å²) in [5.41, 5.74) is 0.665. The zero-order valence-corrected chi connectivity index (χ0v) is 14.8. The number of unbranched alkanes of at least 4 members (excludes halogenated alkanes) is 4. The lowest BCUT2D eigenvalue weighted by atomic mass is 10.2. The monoisotopic (exact) mass is 331 g/mol. The molecule has 130 valence electrons. The number of aromatic nitrogens is 2. The summed E-state index contributed by atoms with van der Waals surface area (Å²) in [5, 5.41) is 8.74. The topological polar surface area (TPSA) is 33.5 Å². The van der Waals surface area contributed by atoms with E-state index < -0.39 is 0 Å². The summed E-state index contributed by atoms with van der Waals surface area (Å²) in [6.45, 7) is 6.31. The average molecular weight is 331 g/mol. The van der Waals surface area contributed by atoms with Gasteiger partial charge in [-0.25, -0.2) is 13.5 Å². The van der Waals surface area contributed by atoms with Gasteiger partial charge in [-0.2, -0.15) is 0 Å². The van der Waals surface area contributed by atoms with E-state index in [0.717, 1.165) is 31.9 Å². The van der Waals surface area contributed by atoms with Crippen molar-refractivity contribution in [3.05, 3.63) is 42.5 Å². The van der Waals surface area contributed by atoms with E-state index in [4.69, 9.17) is 0 Å². The minimum absolute atomic E-state index is 0.258. The third kappa shape index (κ3) is 5.55. The van der Waals surface area contributed by atoms with Gasteiger partial charge in [-0.05, 0) is 37.1 Å². The second-order valence-electron chi connectivity index (χ2n) is 6.08. The SMILES string of the molecule is CCCCCn1cc[n+](CCCCC)c1N=Nc1ccc(F)cc1. The average Bonchev–Trinajstić information content (AvgIpc) is 2.97. The maximum absolute atomic E-state index is 13.0. The van der Waals surface area contributed by atoms with E-state index in [1.165, 1.54) is 37.8 Å². The van der Waals surface area contributed by atoms with Crippen molar-refractivity contribution in [3.8, 4) is 0 Å². The highest BCUT2D eigenvalue weighted by molar-refractivity contribution is 5.35. The van der Waals surface area contributed by atoms with E-state index in [1.807, 2.05) is 0 Å². The quantitative estimate of drug-likeness (QED) is 0.303. The molecule has 0 unspecified atom stereocenters. The first kappa shape index (κ1) is 18.3. The summed E-state index contributed by atoms with van der Waals surface area (Å²) < 4.78 is 17.3. The molecule has 0 radical (unpaired) electrons. The highest BCUT2D eigenvalue weighted by atomic mass is 19.1. The van der Waals surface area contributed by atoms with Crippen molar-refractivity contribution in [3.63, 3.8) is 0 Å². The van der Waals surface area contributed by atoms with Crippen LogP contribution in [0.4, 0.5) is 16.0 Å². The fraction of sp³-hybridized carbons (Fsp3) is 0.526. The van der Waals surface area contributed by atoms with E-state index >= 15 is 0 Å². The standard InChI is InChI=1S/C19H28FN4/c1-3-5-7-13-23-15-16-24(14-8-6-4-2)19(23)22-21-18-11-9-17(20)10-12-18/h9-12,15-16H,3-8,13-14H2,1-2H3/q+1. The van der Waals surface area contributed by atoms with Gasteiger partial charge in [0, 0.05) is 5.11 Å². The first-order chi connectivity index (χ1) is 11.7. The number of imidazole rings is 1. The molecule has 0 bridgehead atoms. The number of halogens is 1. The number of benzene rings is 1. The van der Waals surface area contributed by atoms with Crippen LogP contribution in [0.5, 0.6) is 0 Å². The molecule has 0 saturated heterocycles. The van der Waals surface area contributed by atoms with Gasteiger partial charge in [0.15, 0.2) is 0 Å². The highest BCUT2D eigenvalue weighted by Gasteiger charge is 2.16. The van der Waals surface area contributed by atoms with Gasteiger partial charge < -0.3 is 0 Å². The van der Waals surface area contributed by atoms with Crippen molar-refractivity contribution in [1.82, 2.24) is 4.57 Å². The fourth-order valence-electron chi connectivity index (χ4n) is 2.60. The third-order valence-corrected chi connectivity index (χ3v) is 4.03. The number of nitrogens with zero attached hydrogens (tertiary/aromatic N) is 4. The van der Waals surface area contributed by atoms with Crippen LogP contribution in [-0.4, -0.2) is 4.57 Å². The summed E-state index contributed by atoms with van der Waals surface area (Å²) in [5.74, 6) is 0.609. The van der Waals surface area contributed by atoms with Crippen LogP contribution in [0.1, 0.15) is 52.4 Å². The molecular formula is C19H28FN4+. The van der Waals surface area contributed by atoms with Crippen LogP contribution >= 0.6 is 0 Å². The second-order valence-corrected chi connectivity index (χ2v) is 6.08. The lowest BCUT2D eigenvalue weighted by molar-refractivity contribution is -0.684. The molecular weight excluding hydrogens is 303 g/mol. The van der Waals surface area contributed by atoms with Crippen LogP contribution in [-0.2, 0) is 13.1 Å². The van der Waals surface area contributed by atoms with E-state index in [-0.39, 0.29) is 5.82 Å². The lowest BCUT2D eigenvalue weighted by Crippen LogP contribution is -2.32. The minimum Gasteiger partial charge on any atom is -0.231 e. The van der Waals surface area contributed by atoms with E-state index in [9.17, 15) is 4.39 Å². The fourth-order valence-corrected chi connectivity index (χ4v) is 2.60. The maximum Gasteiger partial charge on any atom is 0.421 e. The molecule has 0 amide bonds. The summed E-state index contributed by atoms with van der Waals surface area (Å²) >= 11 is 0. The normalized spacial score (nSPS) is 11.5. The van der Waals surface area contributed by atoms with Crippen LogP contribution in [0.25, 0.3) is 0 Å². The van der Waals surface area contributed by atoms with Crippen LogP contribution in [0.3, 0.4) is 0 Å². The van der Waals surface area contributed by atoms with Crippen LogP contribution < -0.4 is 4.57 Å². The van der Waals surface area contributed by atoms with Crippen molar-refractivity contribution in [2.45, 2.75) is 65.5 Å². The van der Waals surface area contributed by atoms with Crippen LogP contribution in [0.15, 0.2) is 46.9 Å². The smallest absolute Gasteiger partial charge is 0.231 e. The second kappa shape index (κ2) is 9.96. The molecule has 24 heavy (non-hydrogen) atoms. The lowest BCUT2D eigenvalue weighted by Gasteiger charge is -2.01. The molecule has 0 atom stereocenters. The summed E-state index contributed by atoms with van der Waals surface area (Å²) in [6, 6.07) is 6.10. The molecule has 4 nitrogen and oxygen atoms in total. The zero-order valence-electron chi connectivity index (χ0n) is 14.8. The van der Waals surface area contributed by atoms with Gasteiger partial charge >= 0.3 is 5.95 Å². The highest BCUT2D eigenvalue weighted by Crippen LogP contribution is 2.17. The molecule has 2 aromatic rings. The van der Waals surface area contributed by atoms with Crippen molar-refractivity contribution in [2.24, 2.45) is 10.2 Å². The van der Waals surface area contributed by atoms with Crippen LogP contribution in [0.2, 0.25) is 0 Å². The summed E-state index contributed by atoms with van der Waals surface area (Å²) in [7, 11) is 0. The molecule has 0 saturated carbocycles. The van der Waals surface area contributed by atoms with Crippen molar-refractivity contribution in [1.29, 1.82) is 0 Å². The Morgan fingerprint density at radius 1 is 0.958 bits per heavy atom. The maximum atomic E-state index is 13.0. The van der Waals surface area contributed by atoms with Gasteiger partial charge in [0.25, 0.3) is 0 Å². The van der Waals surface area contributed by atoms with Gasteiger partial charge in [-0.1, -0.05) is 44.6 Å². The molecule has 0 aliphatic carbocycles. The molecule has 1 aromatic carbocycles. The van der Waals surface area contributed by atoms with Crippen LogP contribution in [0, 0.1) is 5.82 Å². The Morgan fingerprint density at radius 3 is 2.38 bits per heavy atom. The Labute approximate surface area is 144 Å². The number of rotatable bonds is 10. The Balaban J connectivity index is 2.15. The van der Waals surface area contributed by atoms with Gasteiger partial charge in [-0.15, -0.1) is 0 Å². The minimum atomic E-state index is -0.258. The number of aryl methyl sites for hydroxylation is 2. The van der Waals surface area contributed by atoms with Gasteiger partial charge in [-0.3, -0.25) is 0 Å². The molecule has 0 N–H and O–H groups in total. The molecule has 0 aliphatic heterocycles. The summed E-state index contributed by atoms with van der Waals surface area (Å²) in [6.07, 6.45) is 11.3. The van der Waals surface area contributed by atoms with E-state index in [2.05, 4.69) is 45.6 Å². The van der Waals surface area contributed by atoms with Crippen molar-refractivity contribution in [2.75, 3.05) is 0 Å². The predicted octanol–water partition coefficient (Wildman–Crippen LogP) is 5.71. The largest absolute Gasteiger partial charge is 0.421 e. The number of hydrogen-bond donors (Lipinski definition) is 0. The molecule has 2 rings (SSSR count). The first-order valence-corrected chi connectivity index (χ1v) is 9.00. The Morgan fingerprint density at radius 2 is 1.67 bits per heavy atom. The molecule has 0 fully saturated rings. The Kier molecular flexibility index (Phi) is 7.59. The zero-order chi connectivity index (χ0) is 17.2. The van der Waals surface area contributed by atoms with Gasteiger partial charge in [0.1, 0.15) is 11.5 Å². The predicted molar refractivity (Wildman–Crippen MR) is 94.3 cm³/mol. The van der Waals surface area contributed by atoms with Crippen molar-refractivity contribution >= 4 is 11.6 Å². The summed E-state index contributed by atoms with van der Waals surface area (Å²) in [4.78, 5) is 0. The number of azo groups is 1. The Hall–Kier alpha value is -2.04. The first-order valence-electron chi connectivity index (χ1n) is 9.00. The Bertz CT molecular complexity index is 604.